The third-order valence-electron chi connectivity index (χ3n) is 5.91. The van der Waals surface area contributed by atoms with Gasteiger partial charge in [0.1, 0.15) is 10.7 Å². The van der Waals surface area contributed by atoms with Crippen LogP contribution in [0.3, 0.4) is 0 Å². The number of hydrogen-bond acceptors (Lipinski definition) is 5. The predicted molar refractivity (Wildman–Crippen MR) is 124 cm³/mol. The molecule has 0 atom stereocenters. The molecule has 0 saturated carbocycles. The van der Waals surface area contributed by atoms with E-state index in [4.69, 9.17) is 0 Å². The van der Waals surface area contributed by atoms with Gasteiger partial charge in [0.25, 0.3) is 5.91 Å². The highest BCUT2D eigenvalue weighted by Gasteiger charge is 2.32. The Labute approximate surface area is 197 Å². The Bertz CT molecular complexity index is 1130. The Balaban J connectivity index is 1.40. The normalized spacial score (nSPS) is 17.4. The number of amides is 2. The summed E-state index contributed by atoms with van der Waals surface area (Å²) in [6.07, 6.45) is 2.06. The largest absolute Gasteiger partial charge is 0.342 e. The first kappa shape index (κ1) is 23.7. The van der Waals surface area contributed by atoms with Crippen LogP contribution >= 0.6 is 11.8 Å². The minimum atomic E-state index is -3.97. The standard InChI is InChI=1S/C23H26FN3O4S2/c24-19-8-2-4-10-21(19)33(30,31)27-15-13-26(14-16-27)23(29)18-7-1-3-9-20(18)32-17-22(28)25-11-5-6-12-25/h1-4,7-10H,5-6,11-17H2. The van der Waals surface area contributed by atoms with E-state index in [1.807, 2.05) is 17.0 Å². The second-order valence-electron chi connectivity index (χ2n) is 8.00. The van der Waals surface area contributed by atoms with Gasteiger partial charge in [-0.25, -0.2) is 12.8 Å². The van der Waals surface area contributed by atoms with Crippen LogP contribution in [0.5, 0.6) is 0 Å². The summed E-state index contributed by atoms with van der Waals surface area (Å²) < 4.78 is 40.9. The topological polar surface area (TPSA) is 78.0 Å². The Morgan fingerprint density at radius 2 is 1.48 bits per heavy atom. The Morgan fingerprint density at radius 1 is 0.848 bits per heavy atom. The lowest BCUT2D eigenvalue weighted by atomic mass is 10.2. The predicted octanol–water partition coefficient (Wildman–Crippen LogP) is 2.69. The molecule has 0 spiro atoms. The molecule has 2 aromatic carbocycles. The number of halogens is 1. The molecule has 0 aromatic heterocycles. The number of carbonyl (C=O) groups excluding carboxylic acids is 2. The molecule has 10 heteroatoms. The number of nitrogens with zero attached hydrogens (tertiary/aromatic N) is 3. The lowest BCUT2D eigenvalue weighted by molar-refractivity contribution is -0.127. The molecule has 2 fully saturated rings. The van der Waals surface area contributed by atoms with Crippen molar-refractivity contribution in [1.82, 2.24) is 14.1 Å². The molecule has 2 aliphatic heterocycles. The van der Waals surface area contributed by atoms with E-state index in [-0.39, 0.29) is 48.6 Å². The van der Waals surface area contributed by atoms with Crippen LogP contribution in [0.15, 0.2) is 58.3 Å². The summed E-state index contributed by atoms with van der Waals surface area (Å²) in [5, 5.41) is 0. The maximum atomic E-state index is 14.0. The van der Waals surface area contributed by atoms with Gasteiger partial charge in [0.2, 0.25) is 15.9 Å². The van der Waals surface area contributed by atoms with Gasteiger partial charge >= 0.3 is 0 Å². The molecule has 0 aliphatic carbocycles. The number of rotatable bonds is 6. The number of carbonyl (C=O) groups is 2. The summed E-state index contributed by atoms with van der Waals surface area (Å²) >= 11 is 1.35. The molecule has 0 N–H and O–H groups in total. The minimum Gasteiger partial charge on any atom is -0.342 e. The first-order valence-corrected chi connectivity index (χ1v) is 13.3. The number of piperazine rings is 1. The SMILES string of the molecule is O=C(CSc1ccccc1C(=O)N1CCN(S(=O)(=O)c2ccccc2F)CC1)N1CCCC1. The van der Waals surface area contributed by atoms with Crippen molar-refractivity contribution in [2.24, 2.45) is 0 Å². The van der Waals surface area contributed by atoms with E-state index in [1.54, 1.807) is 17.0 Å². The van der Waals surface area contributed by atoms with Crippen molar-refractivity contribution in [2.75, 3.05) is 45.0 Å². The zero-order valence-electron chi connectivity index (χ0n) is 18.2. The summed E-state index contributed by atoms with van der Waals surface area (Å²) in [7, 11) is -3.97. The second kappa shape index (κ2) is 10.2. The summed E-state index contributed by atoms with van der Waals surface area (Å²) in [5.41, 5.74) is 0.502. The van der Waals surface area contributed by atoms with Crippen LogP contribution in [0, 0.1) is 5.82 Å². The third-order valence-corrected chi connectivity index (χ3v) is 8.90. The highest BCUT2D eigenvalue weighted by molar-refractivity contribution is 8.00. The fourth-order valence-electron chi connectivity index (χ4n) is 4.06. The van der Waals surface area contributed by atoms with Gasteiger partial charge in [0, 0.05) is 44.2 Å². The molecule has 0 radical (unpaired) electrons. The molecule has 2 amide bonds. The van der Waals surface area contributed by atoms with Crippen LogP contribution in [-0.4, -0.2) is 79.4 Å². The van der Waals surface area contributed by atoms with Crippen molar-refractivity contribution >= 4 is 33.6 Å². The number of hydrogen-bond donors (Lipinski definition) is 0. The van der Waals surface area contributed by atoms with Gasteiger partial charge in [-0.05, 0) is 37.1 Å². The molecule has 2 heterocycles. The number of benzene rings is 2. The van der Waals surface area contributed by atoms with Crippen molar-refractivity contribution < 1.29 is 22.4 Å². The van der Waals surface area contributed by atoms with Crippen molar-refractivity contribution in [3.05, 3.63) is 59.9 Å². The minimum absolute atomic E-state index is 0.0757. The molecule has 2 aliphatic rings. The maximum absolute atomic E-state index is 14.0. The zero-order chi connectivity index (χ0) is 23.4. The molecule has 2 saturated heterocycles. The second-order valence-corrected chi connectivity index (χ2v) is 10.9. The van der Waals surface area contributed by atoms with Crippen molar-refractivity contribution in [3.63, 3.8) is 0 Å². The third kappa shape index (κ3) is 5.23. The fraction of sp³-hybridized carbons (Fsp3) is 0.391. The quantitative estimate of drug-likeness (QED) is 0.581. The molecule has 7 nitrogen and oxygen atoms in total. The smallest absolute Gasteiger partial charge is 0.255 e. The number of likely N-dealkylation sites (tertiary alicyclic amines) is 1. The van der Waals surface area contributed by atoms with Gasteiger partial charge in [0.15, 0.2) is 0 Å². The Morgan fingerprint density at radius 3 is 2.18 bits per heavy atom. The molecular formula is C23H26FN3O4S2. The lowest BCUT2D eigenvalue weighted by Gasteiger charge is -2.34. The van der Waals surface area contributed by atoms with E-state index < -0.39 is 15.8 Å². The maximum Gasteiger partial charge on any atom is 0.255 e. The first-order chi connectivity index (χ1) is 15.9. The molecule has 0 bridgehead atoms. The Kier molecular flexibility index (Phi) is 7.35. The average Bonchev–Trinajstić information content (AvgIpc) is 3.38. The molecule has 176 valence electrons. The molecule has 0 unspecified atom stereocenters. The van der Waals surface area contributed by atoms with E-state index >= 15 is 0 Å². The van der Waals surface area contributed by atoms with Gasteiger partial charge in [-0.3, -0.25) is 9.59 Å². The van der Waals surface area contributed by atoms with Crippen LogP contribution in [0.4, 0.5) is 4.39 Å². The lowest BCUT2D eigenvalue weighted by Crippen LogP contribution is -2.50. The van der Waals surface area contributed by atoms with Gasteiger partial charge in [-0.2, -0.15) is 4.31 Å². The molecular weight excluding hydrogens is 465 g/mol. The van der Waals surface area contributed by atoms with Crippen LogP contribution in [0.2, 0.25) is 0 Å². The number of thioether (sulfide) groups is 1. The van der Waals surface area contributed by atoms with Crippen molar-refractivity contribution in [2.45, 2.75) is 22.6 Å². The van der Waals surface area contributed by atoms with Crippen LogP contribution in [0.1, 0.15) is 23.2 Å². The fourth-order valence-corrected chi connectivity index (χ4v) is 6.50. The van der Waals surface area contributed by atoms with Gasteiger partial charge < -0.3 is 9.80 Å². The summed E-state index contributed by atoms with van der Waals surface area (Å²) in [6.45, 7) is 2.17. The number of sulfonamides is 1. The first-order valence-electron chi connectivity index (χ1n) is 10.9. The summed E-state index contributed by atoms with van der Waals surface area (Å²) in [5.74, 6) is -0.634. The highest BCUT2D eigenvalue weighted by atomic mass is 32.2. The van der Waals surface area contributed by atoms with E-state index in [9.17, 15) is 22.4 Å². The summed E-state index contributed by atoms with van der Waals surface area (Å²) in [6, 6.07) is 12.5. The Hall–Kier alpha value is -2.43. The van der Waals surface area contributed by atoms with E-state index in [0.29, 0.717) is 5.56 Å². The van der Waals surface area contributed by atoms with E-state index in [0.717, 1.165) is 36.9 Å². The van der Waals surface area contributed by atoms with Crippen molar-refractivity contribution in [3.8, 4) is 0 Å². The van der Waals surface area contributed by atoms with Crippen molar-refractivity contribution in [1.29, 1.82) is 0 Å². The van der Waals surface area contributed by atoms with E-state index in [1.165, 1.54) is 34.3 Å². The van der Waals surface area contributed by atoms with Gasteiger partial charge in [-0.15, -0.1) is 11.8 Å². The van der Waals surface area contributed by atoms with Gasteiger partial charge in [0.05, 0.1) is 11.3 Å². The highest BCUT2D eigenvalue weighted by Crippen LogP contribution is 2.26. The van der Waals surface area contributed by atoms with Gasteiger partial charge in [-0.1, -0.05) is 24.3 Å². The van der Waals surface area contributed by atoms with Crippen LogP contribution in [0.25, 0.3) is 0 Å². The van der Waals surface area contributed by atoms with Crippen LogP contribution in [-0.2, 0) is 14.8 Å². The molecule has 4 rings (SSSR count). The summed E-state index contributed by atoms with van der Waals surface area (Å²) in [4.78, 5) is 29.4. The van der Waals surface area contributed by atoms with Crippen LogP contribution < -0.4 is 0 Å². The monoisotopic (exact) mass is 491 g/mol. The van der Waals surface area contributed by atoms with E-state index in [2.05, 4.69) is 0 Å². The zero-order valence-corrected chi connectivity index (χ0v) is 19.8. The average molecular weight is 492 g/mol. The molecule has 2 aromatic rings. The molecule has 33 heavy (non-hydrogen) atoms.